The second-order valence-electron chi connectivity index (χ2n) is 10.1. The van der Waals surface area contributed by atoms with Gasteiger partial charge in [-0.05, 0) is 58.9 Å². The van der Waals surface area contributed by atoms with Crippen molar-refractivity contribution in [3.63, 3.8) is 0 Å². The average molecular weight is 547 g/mol. The maximum atomic E-state index is 13.8. The average Bonchev–Trinajstić information content (AvgIpc) is 3.31. The lowest BCUT2D eigenvalue weighted by Gasteiger charge is -2.25. The number of alkyl halides is 3. The van der Waals surface area contributed by atoms with Crippen LogP contribution in [-0.2, 0) is 24.6 Å². The van der Waals surface area contributed by atoms with Crippen LogP contribution in [0.3, 0.4) is 0 Å². The van der Waals surface area contributed by atoms with Gasteiger partial charge in [0.05, 0.1) is 26.7 Å². The predicted molar refractivity (Wildman–Crippen MR) is 143 cm³/mol. The smallest absolute Gasteiger partial charge is 0.361 e. The molecule has 8 heteroatoms. The van der Waals surface area contributed by atoms with Crippen molar-refractivity contribution in [2.24, 2.45) is 0 Å². The van der Waals surface area contributed by atoms with E-state index in [4.69, 9.17) is 23.2 Å². The number of carbonyl (C=O) groups excluding carboxylic acids is 1. The predicted octanol–water partition coefficient (Wildman–Crippen LogP) is 8.68. The summed E-state index contributed by atoms with van der Waals surface area (Å²) in [6.45, 7) is 6.86. The van der Waals surface area contributed by atoms with Gasteiger partial charge in [0.1, 0.15) is 0 Å². The number of benzene rings is 3. The van der Waals surface area contributed by atoms with Crippen LogP contribution >= 0.6 is 23.2 Å². The van der Waals surface area contributed by atoms with E-state index in [0.717, 1.165) is 28.8 Å². The van der Waals surface area contributed by atoms with Gasteiger partial charge in [0.25, 0.3) is 5.91 Å². The Morgan fingerprint density at radius 1 is 0.865 bits per heavy atom. The zero-order chi connectivity index (χ0) is 27.0. The lowest BCUT2D eigenvalue weighted by molar-refractivity contribution is -0.137. The number of rotatable bonds is 6. The summed E-state index contributed by atoms with van der Waals surface area (Å²) in [5.74, 6) is -0.487. The van der Waals surface area contributed by atoms with Crippen molar-refractivity contribution in [1.29, 1.82) is 0 Å². The summed E-state index contributed by atoms with van der Waals surface area (Å²) in [5.41, 5.74) is 2.36. The maximum Gasteiger partial charge on any atom is 0.416 e. The van der Waals surface area contributed by atoms with Gasteiger partial charge in [-0.15, -0.1) is 0 Å². The quantitative estimate of drug-likeness (QED) is 0.258. The van der Waals surface area contributed by atoms with Crippen LogP contribution in [0.25, 0.3) is 10.9 Å². The first kappa shape index (κ1) is 27.1. The molecular weight excluding hydrogens is 520 g/mol. The summed E-state index contributed by atoms with van der Waals surface area (Å²) in [7, 11) is 0. The summed E-state index contributed by atoms with van der Waals surface area (Å²) in [5, 5.41) is 1.16. The van der Waals surface area contributed by atoms with Crippen LogP contribution in [0.15, 0.2) is 66.9 Å². The number of hydrogen-bond acceptors (Lipinski definition) is 1. The zero-order valence-electron chi connectivity index (χ0n) is 20.7. The minimum absolute atomic E-state index is 0.0183. The molecule has 0 aliphatic heterocycles. The molecule has 4 rings (SSSR count). The number of carbonyl (C=O) groups is 1. The van der Waals surface area contributed by atoms with Gasteiger partial charge in [0, 0.05) is 24.7 Å². The molecule has 0 aliphatic rings. The molecule has 1 N–H and O–H groups in total. The van der Waals surface area contributed by atoms with Gasteiger partial charge in [-0.25, -0.2) is 0 Å². The number of aromatic amines is 1. The highest BCUT2D eigenvalue weighted by Crippen LogP contribution is 2.34. The van der Waals surface area contributed by atoms with Crippen molar-refractivity contribution < 1.29 is 18.0 Å². The zero-order valence-corrected chi connectivity index (χ0v) is 22.2. The molecule has 0 fully saturated rings. The van der Waals surface area contributed by atoms with Gasteiger partial charge < -0.3 is 9.88 Å². The standard InChI is InChI=1S/C29H27Cl2F3N2O/c1-28(2,3)21-7-4-19(5-8-21)17-36(13-11-18-6-9-24(30)25(31)14-18)27(37)23-16-22(29(32,33)34)15-20-10-12-35-26(20)23/h4-10,12,14-16,35H,11,13,17H2,1-3H3. The minimum Gasteiger partial charge on any atom is -0.361 e. The molecule has 0 unspecified atom stereocenters. The number of hydrogen-bond donors (Lipinski definition) is 1. The Morgan fingerprint density at radius 3 is 2.16 bits per heavy atom. The van der Waals surface area contributed by atoms with Crippen molar-refractivity contribution in [3.8, 4) is 0 Å². The molecule has 4 aromatic rings. The Labute approximate surface area is 224 Å². The summed E-state index contributed by atoms with van der Waals surface area (Å²) < 4.78 is 40.9. The van der Waals surface area contributed by atoms with Crippen molar-refractivity contribution in [2.45, 2.75) is 45.3 Å². The first-order valence-corrected chi connectivity index (χ1v) is 12.6. The molecule has 194 valence electrons. The molecule has 0 spiro atoms. The van der Waals surface area contributed by atoms with Crippen LogP contribution < -0.4 is 0 Å². The summed E-state index contributed by atoms with van der Waals surface area (Å²) in [6.07, 6.45) is -2.59. The van der Waals surface area contributed by atoms with E-state index < -0.39 is 17.6 Å². The van der Waals surface area contributed by atoms with Crippen LogP contribution in [0.5, 0.6) is 0 Å². The van der Waals surface area contributed by atoms with Gasteiger partial charge in [0.15, 0.2) is 0 Å². The molecule has 1 amide bonds. The molecular formula is C29H27Cl2F3N2O. The van der Waals surface area contributed by atoms with E-state index in [1.165, 1.54) is 12.3 Å². The monoisotopic (exact) mass is 546 g/mol. The molecule has 0 saturated heterocycles. The van der Waals surface area contributed by atoms with Crippen molar-refractivity contribution in [3.05, 3.63) is 105 Å². The summed E-state index contributed by atoms with van der Waals surface area (Å²) in [4.78, 5) is 18.3. The lowest BCUT2D eigenvalue weighted by atomic mass is 9.87. The minimum atomic E-state index is -4.58. The first-order chi connectivity index (χ1) is 17.3. The SMILES string of the molecule is CC(C)(C)c1ccc(CN(CCc2ccc(Cl)c(Cl)c2)C(=O)c2cc(C(F)(F)F)cc3cc[nH]c23)cc1. The van der Waals surface area contributed by atoms with Crippen LogP contribution in [-0.4, -0.2) is 22.3 Å². The number of nitrogens with one attached hydrogen (secondary N) is 1. The van der Waals surface area contributed by atoms with E-state index in [2.05, 4.69) is 25.8 Å². The Balaban J connectivity index is 1.69. The molecule has 37 heavy (non-hydrogen) atoms. The van der Waals surface area contributed by atoms with Crippen molar-refractivity contribution in [2.75, 3.05) is 6.54 Å². The molecule has 0 bridgehead atoms. The number of amides is 1. The Kier molecular flexibility index (Phi) is 7.63. The van der Waals surface area contributed by atoms with E-state index in [-0.39, 0.29) is 24.1 Å². The van der Waals surface area contributed by atoms with E-state index in [9.17, 15) is 18.0 Å². The number of nitrogens with zero attached hydrogens (tertiary/aromatic N) is 1. The molecule has 0 radical (unpaired) electrons. The number of aromatic nitrogens is 1. The Hall–Kier alpha value is -2.96. The highest BCUT2D eigenvalue weighted by molar-refractivity contribution is 6.42. The fraction of sp³-hybridized carbons (Fsp3) is 0.276. The van der Waals surface area contributed by atoms with Crippen LogP contribution in [0.1, 0.15) is 53.4 Å². The molecule has 3 nitrogen and oxygen atoms in total. The first-order valence-electron chi connectivity index (χ1n) is 11.8. The highest BCUT2D eigenvalue weighted by Gasteiger charge is 2.33. The second-order valence-corrected chi connectivity index (χ2v) is 10.9. The molecule has 1 aromatic heterocycles. The molecule has 3 aromatic carbocycles. The van der Waals surface area contributed by atoms with Crippen molar-refractivity contribution in [1.82, 2.24) is 9.88 Å². The van der Waals surface area contributed by atoms with E-state index in [1.807, 2.05) is 30.3 Å². The maximum absolute atomic E-state index is 13.8. The summed E-state index contributed by atoms with van der Waals surface area (Å²) in [6, 6.07) is 16.7. The van der Waals surface area contributed by atoms with E-state index in [0.29, 0.717) is 27.4 Å². The van der Waals surface area contributed by atoms with Crippen molar-refractivity contribution >= 4 is 40.0 Å². The number of H-pyrrole nitrogens is 1. The van der Waals surface area contributed by atoms with Gasteiger partial charge in [-0.3, -0.25) is 4.79 Å². The highest BCUT2D eigenvalue weighted by atomic mass is 35.5. The van der Waals surface area contributed by atoms with Gasteiger partial charge in [-0.1, -0.05) is 74.3 Å². The van der Waals surface area contributed by atoms with Crippen LogP contribution in [0, 0.1) is 0 Å². The van der Waals surface area contributed by atoms with Crippen LogP contribution in [0.4, 0.5) is 13.2 Å². The lowest BCUT2D eigenvalue weighted by Crippen LogP contribution is -2.33. The Morgan fingerprint density at radius 2 is 1.54 bits per heavy atom. The summed E-state index contributed by atoms with van der Waals surface area (Å²) >= 11 is 12.2. The Bertz CT molecular complexity index is 1420. The largest absolute Gasteiger partial charge is 0.416 e. The third kappa shape index (κ3) is 6.31. The normalized spacial score (nSPS) is 12.2. The molecule has 0 saturated carbocycles. The molecule has 0 atom stereocenters. The number of fused-ring (bicyclic) bond motifs is 1. The van der Waals surface area contributed by atoms with Crippen LogP contribution in [0.2, 0.25) is 10.0 Å². The van der Waals surface area contributed by atoms with Gasteiger partial charge in [0.2, 0.25) is 0 Å². The number of halogens is 5. The molecule has 0 aliphatic carbocycles. The van der Waals surface area contributed by atoms with E-state index >= 15 is 0 Å². The fourth-order valence-electron chi connectivity index (χ4n) is 4.22. The van der Waals surface area contributed by atoms with Gasteiger partial charge in [-0.2, -0.15) is 13.2 Å². The third-order valence-electron chi connectivity index (χ3n) is 6.35. The van der Waals surface area contributed by atoms with Gasteiger partial charge >= 0.3 is 6.18 Å². The topological polar surface area (TPSA) is 36.1 Å². The fourth-order valence-corrected chi connectivity index (χ4v) is 4.54. The second kappa shape index (κ2) is 10.4. The molecule has 1 heterocycles. The third-order valence-corrected chi connectivity index (χ3v) is 7.09. The van der Waals surface area contributed by atoms with E-state index in [1.54, 1.807) is 17.0 Å².